The zero-order chi connectivity index (χ0) is 4.50. The Kier molecular flexibility index (Phi) is 31.7. The minimum Gasteiger partial charge on any atom is -0.264 e. The SMILES string of the molecule is O=S(=O)(O)O.[K+].[K+].[Na+]. The van der Waals surface area contributed by atoms with Crippen molar-refractivity contribution in [2.75, 3.05) is 0 Å². The van der Waals surface area contributed by atoms with Crippen molar-refractivity contribution in [3.8, 4) is 0 Å². The molecule has 0 atom stereocenters. The van der Waals surface area contributed by atoms with Crippen LogP contribution in [0, 0.1) is 0 Å². The summed E-state index contributed by atoms with van der Waals surface area (Å²) in [4.78, 5) is 0. The molecule has 0 spiro atoms. The summed E-state index contributed by atoms with van der Waals surface area (Å²) in [6.45, 7) is 0. The monoisotopic (exact) mass is 199 g/mol. The van der Waals surface area contributed by atoms with E-state index in [-0.39, 0.29) is 132 Å². The Morgan fingerprint density at radius 2 is 1.00 bits per heavy atom. The van der Waals surface area contributed by atoms with Crippen LogP contribution in [0.2, 0.25) is 0 Å². The summed E-state index contributed by atoms with van der Waals surface area (Å²) in [5.41, 5.74) is 0. The molecule has 0 aromatic carbocycles. The van der Waals surface area contributed by atoms with Crippen LogP contribution in [0.4, 0.5) is 0 Å². The molecule has 4 nitrogen and oxygen atoms in total. The molecule has 8 heavy (non-hydrogen) atoms. The maximum atomic E-state index is 8.74. The zero-order valence-corrected chi connectivity index (χ0v) is 14.2. The van der Waals surface area contributed by atoms with Gasteiger partial charge in [0.15, 0.2) is 0 Å². The normalized spacial score (nSPS) is 7.25. The van der Waals surface area contributed by atoms with E-state index in [2.05, 4.69) is 0 Å². The summed E-state index contributed by atoms with van der Waals surface area (Å²) in [7, 11) is -4.67. The van der Waals surface area contributed by atoms with E-state index in [1.807, 2.05) is 0 Å². The van der Waals surface area contributed by atoms with Gasteiger partial charge in [-0.15, -0.1) is 0 Å². The first-order valence-electron chi connectivity index (χ1n) is 0.698. The Balaban J connectivity index is -0.0000000267. The largest absolute Gasteiger partial charge is 1.00 e. The topological polar surface area (TPSA) is 74.6 Å². The summed E-state index contributed by atoms with van der Waals surface area (Å²) in [5.74, 6) is 0. The van der Waals surface area contributed by atoms with E-state index in [1.165, 1.54) is 0 Å². The Bertz CT molecular complexity index is 97.2. The van der Waals surface area contributed by atoms with E-state index in [4.69, 9.17) is 17.5 Å². The Hall–Kier alpha value is 4.14. The van der Waals surface area contributed by atoms with Crippen molar-refractivity contribution >= 4 is 10.4 Å². The van der Waals surface area contributed by atoms with Crippen molar-refractivity contribution in [2.24, 2.45) is 0 Å². The van der Waals surface area contributed by atoms with Crippen LogP contribution in [-0.4, -0.2) is 17.5 Å². The van der Waals surface area contributed by atoms with Gasteiger partial charge in [-0.1, -0.05) is 0 Å². The van der Waals surface area contributed by atoms with Crippen molar-refractivity contribution in [2.45, 2.75) is 0 Å². The van der Waals surface area contributed by atoms with Crippen LogP contribution in [0.1, 0.15) is 0 Å². The van der Waals surface area contributed by atoms with Gasteiger partial charge in [0.1, 0.15) is 0 Å². The average molecular weight is 199 g/mol. The fraction of sp³-hybridized carbons (Fsp3) is 0. The first kappa shape index (κ1) is 22.7. The van der Waals surface area contributed by atoms with E-state index >= 15 is 0 Å². The second-order valence-electron chi connectivity index (χ2n) is 0.448. The van der Waals surface area contributed by atoms with Crippen molar-refractivity contribution in [1.29, 1.82) is 0 Å². The maximum Gasteiger partial charge on any atom is 1.00 e. The van der Waals surface area contributed by atoms with E-state index < -0.39 is 10.4 Å². The summed E-state index contributed by atoms with van der Waals surface area (Å²) in [6.07, 6.45) is 0. The Labute approximate surface area is 155 Å². The van der Waals surface area contributed by atoms with Crippen molar-refractivity contribution in [1.82, 2.24) is 0 Å². The predicted octanol–water partition coefficient (Wildman–Crippen LogP) is -9.64. The van der Waals surface area contributed by atoms with Gasteiger partial charge in [-0.3, -0.25) is 9.11 Å². The molecular weight excluding hydrogens is 197 g/mol. The van der Waals surface area contributed by atoms with Crippen LogP contribution in [0.25, 0.3) is 0 Å². The second-order valence-corrected chi connectivity index (χ2v) is 1.34. The van der Waals surface area contributed by atoms with Gasteiger partial charge in [-0.25, -0.2) is 0 Å². The minimum absolute atomic E-state index is 0. The van der Waals surface area contributed by atoms with E-state index in [1.54, 1.807) is 0 Å². The molecule has 0 aliphatic rings. The van der Waals surface area contributed by atoms with Gasteiger partial charge in [0, 0.05) is 0 Å². The van der Waals surface area contributed by atoms with Crippen LogP contribution in [0.5, 0.6) is 0 Å². The first-order chi connectivity index (χ1) is 2.00. The smallest absolute Gasteiger partial charge is 0.264 e. The van der Waals surface area contributed by atoms with Gasteiger partial charge in [0.2, 0.25) is 0 Å². The molecule has 0 rings (SSSR count). The van der Waals surface area contributed by atoms with E-state index in [9.17, 15) is 0 Å². The molecule has 0 aromatic heterocycles. The molecule has 0 amide bonds. The molecule has 32 valence electrons. The summed E-state index contributed by atoms with van der Waals surface area (Å²) in [5, 5.41) is 0. The standard InChI is InChI=1S/2K.Na.H2O4S/c;;;1-5(2,3)4/h;;;(H2,1,2,3,4)/q3*+1;. The van der Waals surface area contributed by atoms with Crippen LogP contribution in [-0.2, 0) is 10.4 Å². The van der Waals surface area contributed by atoms with Crippen molar-refractivity contribution in [3.63, 3.8) is 0 Å². The van der Waals surface area contributed by atoms with Gasteiger partial charge in [-0.05, 0) is 0 Å². The zero-order valence-electron chi connectivity index (χ0n) is 5.12. The van der Waals surface area contributed by atoms with Crippen LogP contribution < -0.4 is 132 Å². The van der Waals surface area contributed by atoms with Crippen LogP contribution >= 0.6 is 0 Å². The maximum absolute atomic E-state index is 8.74. The number of hydrogen-bond acceptors (Lipinski definition) is 2. The Morgan fingerprint density at radius 3 is 1.00 bits per heavy atom. The summed E-state index contributed by atoms with van der Waals surface area (Å²) in [6, 6.07) is 0. The fourth-order valence-electron chi connectivity index (χ4n) is 0. The second kappa shape index (κ2) is 11.1. The molecule has 0 fully saturated rings. The van der Waals surface area contributed by atoms with Crippen molar-refractivity contribution < 1.29 is 150 Å². The quantitative estimate of drug-likeness (QED) is 0.300. The summed E-state index contributed by atoms with van der Waals surface area (Å²) >= 11 is 0. The fourth-order valence-corrected chi connectivity index (χ4v) is 0. The van der Waals surface area contributed by atoms with Gasteiger partial charge in [0.05, 0.1) is 0 Å². The number of rotatable bonds is 0. The van der Waals surface area contributed by atoms with Crippen molar-refractivity contribution in [3.05, 3.63) is 0 Å². The third-order valence-electron chi connectivity index (χ3n) is 0. The van der Waals surface area contributed by atoms with Gasteiger partial charge >= 0.3 is 143 Å². The van der Waals surface area contributed by atoms with Gasteiger partial charge in [-0.2, -0.15) is 8.42 Å². The molecule has 0 radical (unpaired) electrons. The number of hydrogen-bond donors (Lipinski definition) is 2. The minimum atomic E-state index is -4.67. The molecule has 0 bridgehead atoms. The molecule has 2 N–H and O–H groups in total. The first-order valence-corrected chi connectivity index (χ1v) is 2.10. The molecule has 8 heteroatoms. The van der Waals surface area contributed by atoms with Crippen LogP contribution in [0.3, 0.4) is 0 Å². The molecule has 0 aromatic rings. The molecule has 0 heterocycles. The van der Waals surface area contributed by atoms with E-state index in [0.717, 1.165) is 0 Å². The predicted molar refractivity (Wildman–Crippen MR) is 14.2 cm³/mol. The van der Waals surface area contributed by atoms with Crippen LogP contribution in [0.15, 0.2) is 0 Å². The third kappa shape index (κ3) is 49.4. The molecular formula is H2K2NaO4S+3. The molecule has 0 aliphatic carbocycles. The van der Waals surface area contributed by atoms with Gasteiger partial charge < -0.3 is 0 Å². The summed E-state index contributed by atoms with van der Waals surface area (Å²) < 4.78 is 31.6. The molecule has 0 saturated carbocycles. The average Bonchev–Trinajstić information content (AvgIpc) is 0.722. The molecule has 0 aliphatic heterocycles. The molecule has 0 saturated heterocycles. The van der Waals surface area contributed by atoms with Gasteiger partial charge in [0.25, 0.3) is 0 Å². The van der Waals surface area contributed by atoms with E-state index in [0.29, 0.717) is 0 Å². The third-order valence-corrected chi connectivity index (χ3v) is 0. The molecule has 0 unspecified atom stereocenters. The Morgan fingerprint density at radius 1 is 1.00 bits per heavy atom.